The van der Waals surface area contributed by atoms with E-state index in [0.29, 0.717) is 5.69 Å². The van der Waals surface area contributed by atoms with E-state index in [4.69, 9.17) is 9.47 Å². The quantitative estimate of drug-likeness (QED) is 0.710. The average molecular weight is 451 g/mol. The van der Waals surface area contributed by atoms with Gasteiger partial charge in [-0.3, -0.25) is 4.68 Å². The van der Waals surface area contributed by atoms with Crippen LogP contribution in [0.15, 0.2) is 0 Å². The summed E-state index contributed by atoms with van der Waals surface area (Å²) < 4.78 is 66.2. The van der Waals surface area contributed by atoms with Crippen LogP contribution >= 0.6 is 0 Å². The Labute approximate surface area is 178 Å². The highest BCUT2D eigenvalue weighted by atomic mass is 19.3. The number of hydrogen-bond acceptors (Lipinski definition) is 5. The first-order valence-electron chi connectivity index (χ1n) is 10.3. The topological polar surface area (TPSA) is 76.8 Å². The molecule has 1 aromatic rings. The fraction of sp³-hybridized carbons (Fsp3) is 0.800. The lowest BCUT2D eigenvalue weighted by Crippen LogP contribution is -2.45. The van der Waals surface area contributed by atoms with Gasteiger partial charge in [-0.15, -0.1) is 0 Å². The molecule has 0 bridgehead atoms. The molecular formula is C20H29F4N3O4. The predicted octanol–water partition coefficient (Wildman–Crippen LogP) is 3.46. The van der Waals surface area contributed by atoms with Gasteiger partial charge in [0.1, 0.15) is 23.5 Å². The van der Waals surface area contributed by atoms with Crippen LogP contribution in [0, 0.1) is 0 Å². The molecule has 0 aromatic carbocycles. The maximum absolute atomic E-state index is 15.1. The van der Waals surface area contributed by atoms with E-state index in [1.807, 2.05) is 0 Å². The van der Waals surface area contributed by atoms with E-state index in [0.717, 1.165) is 4.68 Å². The van der Waals surface area contributed by atoms with Crippen molar-refractivity contribution in [3.8, 4) is 0 Å². The number of aliphatic hydroxyl groups is 1. The molecule has 3 heterocycles. The van der Waals surface area contributed by atoms with E-state index < -0.39 is 49.3 Å². The number of fused-ring (bicyclic) bond motifs is 3. The van der Waals surface area contributed by atoms with E-state index in [-0.39, 0.29) is 43.2 Å². The third-order valence-electron chi connectivity index (χ3n) is 5.42. The van der Waals surface area contributed by atoms with Crippen LogP contribution in [-0.4, -0.2) is 62.8 Å². The number of nitrogens with zero attached hydrogens (tertiary/aromatic N) is 3. The van der Waals surface area contributed by atoms with Gasteiger partial charge in [0, 0.05) is 24.4 Å². The Bertz CT molecular complexity index is 824. The lowest BCUT2D eigenvalue weighted by Gasteiger charge is -2.35. The van der Waals surface area contributed by atoms with Gasteiger partial charge in [0.25, 0.3) is 12.3 Å². The first-order valence-corrected chi connectivity index (χ1v) is 10.3. The van der Waals surface area contributed by atoms with Crippen LogP contribution in [0.1, 0.15) is 57.5 Å². The van der Waals surface area contributed by atoms with E-state index in [9.17, 15) is 18.7 Å². The predicted molar refractivity (Wildman–Crippen MR) is 102 cm³/mol. The third-order valence-corrected chi connectivity index (χ3v) is 5.42. The van der Waals surface area contributed by atoms with Crippen LogP contribution in [0.2, 0.25) is 0 Å². The molecule has 1 N–H and O–H groups in total. The number of halogens is 4. The van der Waals surface area contributed by atoms with Crippen LogP contribution in [0.5, 0.6) is 0 Å². The molecule has 0 aliphatic carbocycles. The molecule has 11 heteroatoms. The molecule has 0 saturated heterocycles. The Morgan fingerprint density at radius 1 is 1.32 bits per heavy atom. The summed E-state index contributed by atoms with van der Waals surface area (Å²) in [5, 5.41) is 15.1. The zero-order valence-corrected chi connectivity index (χ0v) is 18.1. The van der Waals surface area contributed by atoms with Crippen LogP contribution in [0.3, 0.4) is 0 Å². The summed E-state index contributed by atoms with van der Waals surface area (Å²) in [5.74, 6) is -3.31. The summed E-state index contributed by atoms with van der Waals surface area (Å²) in [4.78, 5) is 14.0. The summed E-state index contributed by atoms with van der Waals surface area (Å²) in [6.45, 7) is 5.17. The van der Waals surface area contributed by atoms with Gasteiger partial charge in [-0.2, -0.15) is 13.9 Å². The fourth-order valence-electron chi connectivity index (χ4n) is 4.01. The van der Waals surface area contributed by atoms with Gasteiger partial charge in [-0.1, -0.05) is 0 Å². The van der Waals surface area contributed by atoms with Crippen molar-refractivity contribution >= 4 is 6.09 Å². The molecule has 0 spiro atoms. The molecule has 3 rings (SSSR count). The highest BCUT2D eigenvalue weighted by Gasteiger charge is 2.48. The Morgan fingerprint density at radius 3 is 2.61 bits per heavy atom. The van der Waals surface area contributed by atoms with Gasteiger partial charge in [0.05, 0.1) is 25.4 Å². The van der Waals surface area contributed by atoms with Crippen LogP contribution in [0.4, 0.5) is 22.4 Å². The first-order chi connectivity index (χ1) is 14.2. The van der Waals surface area contributed by atoms with Crippen molar-refractivity contribution in [1.29, 1.82) is 0 Å². The second-order valence-electron chi connectivity index (χ2n) is 9.43. The number of alkyl halides is 4. The average Bonchev–Trinajstić information content (AvgIpc) is 2.90. The van der Waals surface area contributed by atoms with Gasteiger partial charge in [0.15, 0.2) is 0 Å². The lowest BCUT2D eigenvalue weighted by molar-refractivity contribution is -0.0927. The Kier molecular flexibility index (Phi) is 6.31. The normalized spacial score (nSPS) is 25.7. The van der Waals surface area contributed by atoms with Crippen molar-refractivity contribution in [3.63, 3.8) is 0 Å². The first kappa shape index (κ1) is 23.8. The molecular weight excluding hydrogens is 422 g/mol. The zero-order chi connectivity index (χ0) is 23.2. The van der Waals surface area contributed by atoms with Gasteiger partial charge in [-0.05, 0) is 34.1 Å². The molecule has 0 saturated carbocycles. The molecule has 0 unspecified atom stereocenters. The summed E-state index contributed by atoms with van der Waals surface area (Å²) in [6, 6.07) is -0.316. The van der Waals surface area contributed by atoms with Gasteiger partial charge in [0.2, 0.25) is 0 Å². The smallest absolute Gasteiger partial charge is 0.410 e. The SMILES string of the molecule is C[C@@H]1Cc2nn3c(c2CN1C(=O)OC(C)(C)C)C(F)(F)CC[C@](O)(COCC(F)F)C3. The highest BCUT2D eigenvalue weighted by Crippen LogP contribution is 2.43. The van der Waals surface area contributed by atoms with Crippen LogP contribution < -0.4 is 0 Å². The molecule has 176 valence electrons. The number of amides is 1. The van der Waals surface area contributed by atoms with Crippen molar-refractivity contribution in [2.24, 2.45) is 0 Å². The molecule has 31 heavy (non-hydrogen) atoms. The molecule has 2 aliphatic heterocycles. The fourth-order valence-corrected chi connectivity index (χ4v) is 4.01. The Morgan fingerprint density at radius 2 is 2.00 bits per heavy atom. The third kappa shape index (κ3) is 5.31. The Balaban J connectivity index is 1.89. The van der Waals surface area contributed by atoms with E-state index in [1.54, 1.807) is 27.7 Å². The molecule has 0 fully saturated rings. The zero-order valence-electron chi connectivity index (χ0n) is 18.1. The molecule has 1 amide bonds. The van der Waals surface area contributed by atoms with Crippen molar-refractivity contribution in [2.75, 3.05) is 13.2 Å². The van der Waals surface area contributed by atoms with E-state index >= 15 is 8.78 Å². The largest absolute Gasteiger partial charge is 0.444 e. The van der Waals surface area contributed by atoms with Crippen LogP contribution in [0.25, 0.3) is 0 Å². The minimum absolute atomic E-state index is 0.0867. The molecule has 0 radical (unpaired) electrons. The maximum Gasteiger partial charge on any atom is 0.410 e. The number of hydrogen-bond donors (Lipinski definition) is 1. The lowest BCUT2D eigenvalue weighted by atomic mass is 9.94. The number of carbonyl (C=O) groups excluding carboxylic acids is 1. The van der Waals surface area contributed by atoms with E-state index in [2.05, 4.69) is 5.10 Å². The van der Waals surface area contributed by atoms with Gasteiger partial charge < -0.3 is 19.5 Å². The van der Waals surface area contributed by atoms with Gasteiger partial charge >= 0.3 is 6.09 Å². The number of rotatable bonds is 4. The highest BCUT2D eigenvalue weighted by molar-refractivity contribution is 5.69. The van der Waals surface area contributed by atoms with Crippen molar-refractivity contribution in [3.05, 3.63) is 17.0 Å². The summed E-state index contributed by atoms with van der Waals surface area (Å²) >= 11 is 0. The maximum atomic E-state index is 15.1. The van der Waals surface area contributed by atoms with Crippen molar-refractivity contribution < 1.29 is 36.9 Å². The van der Waals surface area contributed by atoms with Crippen molar-refractivity contribution in [2.45, 2.75) is 89.6 Å². The monoisotopic (exact) mass is 451 g/mol. The van der Waals surface area contributed by atoms with E-state index in [1.165, 1.54) is 4.90 Å². The number of ether oxygens (including phenoxy) is 2. The van der Waals surface area contributed by atoms with Crippen molar-refractivity contribution in [1.82, 2.24) is 14.7 Å². The minimum atomic E-state index is -3.31. The summed E-state index contributed by atoms with van der Waals surface area (Å²) in [6.07, 6.45) is -4.09. The standard InChI is InChI=1S/C20H29F4N3O4/c1-12-7-14-13(8-26(12)17(28)31-18(2,3)4)16-20(23,24)6-5-19(29,10-27(16)25-14)11-30-9-15(21)22/h12,15,29H,5-11H2,1-4H3/t12-,19-/m1/s1. The minimum Gasteiger partial charge on any atom is -0.444 e. The number of aromatic nitrogens is 2. The van der Waals surface area contributed by atoms with Gasteiger partial charge in [-0.25, -0.2) is 13.6 Å². The molecule has 2 atom stereocenters. The Hall–Kier alpha value is -1.88. The molecule has 1 aromatic heterocycles. The van der Waals surface area contributed by atoms with Crippen LogP contribution in [-0.2, 0) is 34.9 Å². The summed E-state index contributed by atoms with van der Waals surface area (Å²) in [7, 11) is 0. The molecule has 7 nitrogen and oxygen atoms in total. The summed E-state index contributed by atoms with van der Waals surface area (Å²) in [5.41, 5.74) is -2.17. The molecule has 2 aliphatic rings. The second-order valence-corrected chi connectivity index (χ2v) is 9.43. The second kappa shape index (κ2) is 8.23. The number of carbonyl (C=O) groups is 1.